The quantitative estimate of drug-likeness (QED) is 0.597. The molecule has 2 unspecified atom stereocenters. The van der Waals surface area contributed by atoms with Crippen LogP contribution in [-0.4, -0.2) is 56.3 Å². The molecule has 0 saturated carbocycles. The van der Waals surface area contributed by atoms with E-state index in [0.29, 0.717) is 12.3 Å². The number of pyridine rings is 1. The molecule has 2 atom stereocenters. The molecule has 2 aliphatic rings. The molecule has 0 bridgehead atoms. The first-order valence-corrected chi connectivity index (χ1v) is 11.8. The van der Waals surface area contributed by atoms with Crippen molar-refractivity contribution in [2.45, 2.75) is 44.4 Å². The van der Waals surface area contributed by atoms with Crippen LogP contribution < -0.4 is 10.1 Å². The number of hydrogen-bond donors (Lipinski definition) is 1. The second-order valence-electron chi connectivity index (χ2n) is 9.05. The number of benzene rings is 1. The van der Waals surface area contributed by atoms with Crippen LogP contribution in [0.3, 0.4) is 0 Å². The highest BCUT2D eigenvalue weighted by atomic mass is 16.5. The van der Waals surface area contributed by atoms with Crippen molar-refractivity contribution in [2.75, 3.05) is 45.7 Å². The first kappa shape index (κ1) is 22.6. The minimum atomic E-state index is -0.166. The maximum absolute atomic E-state index is 12.1. The van der Waals surface area contributed by atoms with Crippen LogP contribution >= 0.6 is 0 Å². The first-order valence-electron chi connectivity index (χ1n) is 11.8. The zero-order valence-electron chi connectivity index (χ0n) is 19.3. The lowest BCUT2D eigenvalue weighted by Crippen LogP contribution is -2.28. The highest BCUT2D eigenvalue weighted by Gasteiger charge is 2.27. The van der Waals surface area contributed by atoms with E-state index in [9.17, 15) is 4.79 Å². The van der Waals surface area contributed by atoms with E-state index in [0.717, 1.165) is 62.6 Å². The molecule has 0 spiro atoms. The lowest BCUT2D eigenvalue weighted by Gasteiger charge is -2.24. The number of anilines is 1. The Balaban J connectivity index is 1.33. The minimum absolute atomic E-state index is 0.102. The SMILES string of the molecule is COC(=O)CC(CN1CCC(CCc2ccc3c(n2)NCCC3)C1)c1cccc(OC)c1. The average Bonchev–Trinajstić information content (AvgIpc) is 3.29. The molecule has 0 aliphatic carbocycles. The van der Waals surface area contributed by atoms with Crippen molar-refractivity contribution < 1.29 is 14.3 Å². The normalized spacial score (nSPS) is 19.1. The van der Waals surface area contributed by atoms with Crippen LogP contribution in [0.15, 0.2) is 36.4 Å². The van der Waals surface area contributed by atoms with Gasteiger partial charge in [-0.15, -0.1) is 0 Å². The number of fused-ring (bicyclic) bond motifs is 1. The first-order chi connectivity index (χ1) is 15.6. The summed E-state index contributed by atoms with van der Waals surface area (Å²) in [6.45, 7) is 4.04. The van der Waals surface area contributed by atoms with E-state index in [1.165, 1.54) is 31.2 Å². The van der Waals surface area contributed by atoms with Gasteiger partial charge in [0, 0.05) is 31.2 Å². The van der Waals surface area contributed by atoms with Crippen LogP contribution in [0.5, 0.6) is 5.75 Å². The molecule has 2 aromatic rings. The molecule has 1 aromatic carbocycles. The zero-order valence-corrected chi connectivity index (χ0v) is 19.3. The smallest absolute Gasteiger partial charge is 0.306 e. The minimum Gasteiger partial charge on any atom is -0.497 e. The molecule has 1 fully saturated rings. The van der Waals surface area contributed by atoms with E-state index in [1.807, 2.05) is 18.2 Å². The van der Waals surface area contributed by atoms with Crippen LogP contribution in [0.2, 0.25) is 0 Å². The molecule has 1 aromatic heterocycles. The Kier molecular flexibility index (Phi) is 7.63. The van der Waals surface area contributed by atoms with Crippen LogP contribution in [0.4, 0.5) is 5.82 Å². The number of rotatable bonds is 9. The molecule has 0 radical (unpaired) electrons. The fraction of sp³-hybridized carbons (Fsp3) is 0.538. The number of aryl methyl sites for hydroxylation is 2. The van der Waals surface area contributed by atoms with Crippen molar-refractivity contribution in [1.82, 2.24) is 9.88 Å². The van der Waals surface area contributed by atoms with Gasteiger partial charge in [0.1, 0.15) is 11.6 Å². The van der Waals surface area contributed by atoms with Gasteiger partial charge in [0.15, 0.2) is 0 Å². The third-order valence-electron chi connectivity index (χ3n) is 6.82. The van der Waals surface area contributed by atoms with E-state index >= 15 is 0 Å². The summed E-state index contributed by atoms with van der Waals surface area (Å²) in [5.41, 5.74) is 3.67. The molecule has 32 heavy (non-hydrogen) atoms. The Bertz CT molecular complexity index is 917. The number of hydrogen-bond acceptors (Lipinski definition) is 6. The number of carbonyl (C=O) groups is 1. The lowest BCUT2D eigenvalue weighted by molar-refractivity contribution is -0.141. The zero-order chi connectivity index (χ0) is 22.3. The van der Waals surface area contributed by atoms with Gasteiger partial charge in [-0.3, -0.25) is 4.79 Å². The van der Waals surface area contributed by atoms with Gasteiger partial charge in [0.05, 0.1) is 20.6 Å². The molecule has 6 nitrogen and oxygen atoms in total. The molecule has 0 amide bonds. The van der Waals surface area contributed by atoms with E-state index in [2.05, 4.69) is 28.4 Å². The van der Waals surface area contributed by atoms with Gasteiger partial charge >= 0.3 is 5.97 Å². The molecule has 1 N–H and O–H groups in total. The van der Waals surface area contributed by atoms with Crippen LogP contribution in [0, 0.1) is 5.92 Å². The molecule has 172 valence electrons. The van der Waals surface area contributed by atoms with Crippen molar-refractivity contribution in [2.24, 2.45) is 5.92 Å². The van der Waals surface area contributed by atoms with Gasteiger partial charge < -0.3 is 19.7 Å². The number of nitrogens with one attached hydrogen (secondary N) is 1. The molecule has 6 heteroatoms. The Morgan fingerprint density at radius 2 is 2.19 bits per heavy atom. The fourth-order valence-corrected chi connectivity index (χ4v) is 4.95. The Hall–Kier alpha value is -2.60. The third-order valence-corrected chi connectivity index (χ3v) is 6.82. The molecule has 1 saturated heterocycles. The molecule has 2 aliphatic heterocycles. The lowest BCUT2D eigenvalue weighted by atomic mass is 9.94. The van der Waals surface area contributed by atoms with Gasteiger partial charge in [-0.1, -0.05) is 18.2 Å². The van der Waals surface area contributed by atoms with Crippen molar-refractivity contribution >= 4 is 11.8 Å². The van der Waals surface area contributed by atoms with Gasteiger partial charge in [0.25, 0.3) is 0 Å². The number of carbonyl (C=O) groups excluding carboxylic acids is 1. The summed E-state index contributed by atoms with van der Waals surface area (Å²) in [5.74, 6) is 2.52. The van der Waals surface area contributed by atoms with Crippen LogP contribution in [-0.2, 0) is 22.4 Å². The van der Waals surface area contributed by atoms with Crippen molar-refractivity contribution in [3.8, 4) is 5.75 Å². The molecular formula is C26H35N3O3. The second kappa shape index (κ2) is 10.8. The van der Waals surface area contributed by atoms with Crippen LogP contribution in [0.25, 0.3) is 0 Å². The summed E-state index contributed by atoms with van der Waals surface area (Å²) < 4.78 is 10.4. The van der Waals surface area contributed by atoms with Crippen molar-refractivity contribution in [1.29, 1.82) is 0 Å². The third kappa shape index (κ3) is 5.80. The topological polar surface area (TPSA) is 63.7 Å². The summed E-state index contributed by atoms with van der Waals surface area (Å²) in [6.07, 6.45) is 6.09. The number of aromatic nitrogens is 1. The monoisotopic (exact) mass is 437 g/mol. The number of methoxy groups -OCH3 is 2. The van der Waals surface area contributed by atoms with E-state index in [-0.39, 0.29) is 11.9 Å². The van der Waals surface area contributed by atoms with Crippen molar-refractivity contribution in [3.05, 3.63) is 53.2 Å². The molecule has 3 heterocycles. The summed E-state index contributed by atoms with van der Waals surface area (Å²) >= 11 is 0. The van der Waals surface area contributed by atoms with Crippen LogP contribution in [0.1, 0.15) is 48.4 Å². The fourth-order valence-electron chi connectivity index (χ4n) is 4.95. The van der Waals surface area contributed by atoms with E-state index < -0.39 is 0 Å². The Morgan fingerprint density at radius 1 is 1.28 bits per heavy atom. The molecular weight excluding hydrogens is 402 g/mol. The maximum atomic E-state index is 12.1. The number of nitrogens with zero attached hydrogens (tertiary/aromatic N) is 2. The summed E-state index contributed by atoms with van der Waals surface area (Å²) in [5, 5.41) is 3.44. The van der Waals surface area contributed by atoms with Gasteiger partial charge in [-0.2, -0.15) is 0 Å². The van der Waals surface area contributed by atoms with Gasteiger partial charge in [0.2, 0.25) is 0 Å². The highest BCUT2D eigenvalue weighted by molar-refractivity contribution is 5.70. The number of likely N-dealkylation sites (tertiary alicyclic amines) is 1. The predicted octanol–water partition coefficient (Wildman–Crippen LogP) is 4.05. The largest absolute Gasteiger partial charge is 0.497 e. The summed E-state index contributed by atoms with van der Waals surface area (Å²) in [7, 11) is 3.13. The van der Waals surface area contributed by atoms with Gasteiger partial charge in [-0.25, -0.2) is 4.98 Å². The van der Waals surface area contributed by atoms with E-state index in [4.69, 9.17) is 14.5 Å². The second-order valence-corrected chi connectivity index (χ2v) is 9.05. The highest BCUT2D eigenvalue weighted by Crippen LogP contribution is 2.29. The summed E-state index contributed by atoms with van der Waals surface area (Å²) in [6, 6.07) is 12.5. The van der Waals surface area contributed by atoms with Crippen molar-refractivity contribution in [3.63, 3.8) is 0 Å². The Morgan fingerprint density at radius 3 is 3.03 bits per heavy atom. The number of ether oxygens (including phenoxy) is 2. The Labute approximate surface area is 191 Å². The standard InChI is InChI=1S/C26H35N3O3/c1-31-24-7-3-5-21(15-24)22(16-25(30)32-2)18-29-14-12-19(17-29)8-10-23-11-9-20-6-4-13-27-26(20)28-23/h3,5,7,9,11,15,19,22H,4,6,8,10,12-14,16-18H2,1-2H3,(H,27,28). The van der Waals surface area contributed by atoms with E-state index in [1.54, 1.807) is 7.11 Å². The molecule has 4 rings (SSSR count). The summed E-state index contributed by atoms with van der Waals surface area (Å²) in [4.78, 5) is 19.4. The average molecular weight is 438 g/mol. The predicted molar refractivity (Wildman–Crippen MR) is 126 cm³/mol. The van der Waals surface area contributed by atoms with Gasteiger partial charge in [-0.05, 0) is 73.9 Å². The maximum Gasteiger partial charge on any atom is 0.306 e. The number of esters is 1.